The Morgan fingerprint density at radius 2 is 2.14 bits per heavy atom. The summed E-state index contributed by atoms with van der Waals surface area (Å²) in [6.45, 7) is 4.43. The zero-order valence-corrected chi connectivity index (χ0v) is 9.88. The molecular weight excluding hydrogens is 174 g/mol. The highest BCUT2D eigenvalue weighted by Gasteiger charge is 2.22. The van der Waals surface area contributed by atoms with E-state index in [0.717, 1.165) is 0 Å². The number of ether oxygens (including phenoxy) is 1. The van der Waals surface area contributed by atoms with Gasteiger partial charge in [-0.2, -0.15) is 0 Å². The van der Waals surface area contributed by atoms with Crippen LogP contribution in [-0.2, 0) is 4.74 Å². The second kappa shape index (κ2) is 6.41. The van der Waals surface area contributed by atoms with Gasteiger partial charge in [-0.1, -0.05) is 13.3 Å². The van der Waals surface area contributed by atoms with Crippen LogP contribution in [0.3, 0.4) is 0 Å². The van der Waals surface area contributed by atoms with Crippen molar-refractivity contribution in [3.63, 3.8) is 0 Å². The average molecular weight is 199 g/mol. The summed E-state index contributed by atoms with van der Waals surface area (Å²) in [4.78, 5) is 0. The van der Waals surface area contributed by atoms with Crippen LogP contribution in [0.25, 0.3) is 0 Å². The molecule has 2 nitrogen and oxygen atoms in total. The third kappa shape index (κ3) is 3.97. The van der Waals surface area contributed by atoms with Gasteiger partial charge in [-0.25, -0.2) is 0 Å². The molecule has 1 aliphatic rings. The predicted octanol–water partition coefficient (Wildman–Crippen LogP) is 2.72. The van der Waals surface area contributed by atoms with Crippen LogP contribution in [-0.4, -0.2) is 25.3 Å². The first-order valence-corrected chi connectivity index (χ1v) is 6.09. The minimum Gasteiger partial charge on any atom is -0.375 e. The van der Waals surface area contributed by atoms with Crippen molar-refractivity contribution >= 4 is 0 Å². The molecule has 1 N–H and O–H groups in total. The molecule has 0 bridgehead atoms. The van der Waals surface area contributed by atoms with Crippen molar-refractivity contribution in [2.75, 3.05) is 7.05 Å². The van der Waals surface area contributed by atoms with Crippen molar-refractivity contribution in [3.8, 4) is 0 Å². The van der Waals surface area contributed by atoms with Gasteiger partial charge in [0.2, 0.25) is 0 Å². The van der Waals surface area contributed by atoms with Gasteiger partial charge < -0.3 is 10.1 Å². The van der Waals surface area contributed by atoms with E-state index < -0.39 is 0 Å². The first kappa shape index (κ1) is 12.0. The summed E-state index contributed by atoms with van der Waals surface area (Å²) in [6.07, 6.45) is 8.62. The molecule has 0 aliphatic carbocycles. The topological polar surface area (TPSA) is 21.3 Å². The second-order valence-corrected chi connectivity index (χ2v) is 4.50. The summed E-state index contributed by atoms with van der Waals surface area (Å²) < 4.78 is 5.81. The van der Waals surface area contributed by atoms with Gasteiger partial charge in [-0.15, -0.1) is 0 Å². The van der Waals surface area contributed by atoms with Crippen LogP contribution in [0.4, 0.5) is 0 Å². The van der Waals surface area contributed by atoms with Crippen LogP contribution in [0.1, 0.15) is 52.4 Å². The predicted molar refractivity (Wildman–Crippen MR) is 60.6 cm³/mol. The van der Waals surface area contributed by atoms with E-state index in [1.54, 1.807) is 0 Å². The van der Waals surface area contributed by atoms with E-state index in [0.29, 0.717) is 18.2 Å². The Morgan fingerprint density at radius 3 is 2.64 bits per heavy atom. The highest BCUT2D eigenvalue weighted by molar-refractivity contribution is 4.73. The number of hydrogen-bond donors (Lipinski definition) is 1. The Balaban J connectivity index is 2.12. The Hall–Kier alpha value is -0.0800. The van der Waals surface area contributed by atoms with Crippen LogP contribution < -0.4 is 5.32 Å². The van der Waals surface area contributed by atoms with Gasteiger partial charge >= 0.3 is 0 Å². The quantitative estimate of drug-likeness (QED) is 0.710. The van der Waals surface area contributed by atoms with Crippen LogP contribution >= 0.6 is 0 Å². The van der Waals surface area contributed by atoms with Crippen molar-refractivity contribution < 1.29 is 4.74 Å². The molecule has 2 heteroatoms. The van der Waals surface area contributed by atoms with Crippen LogP contribution in [0, 0.1) is 0 Å². The van der Waals surface area contributed by atoms with Gasteiger partial charge in [-0.3, -0.25) is 0 Å². The fourth-order valence-electron chi connectivity index (χ4n) is 2.27. The highest BCUT2D eigenvalue weighted by Crippen LogP contribution is 2.23. The number of hydrogen-bond acceptors (Lipinski definition) is 2. The smallest absolute Gasteiger partial charge is 0.0580 e. The first-order chi connectivity index (χ1) is 6.76. The SMILES string of the molecule is CCCC(CCC1CCC(C)O1)NC. The van der Waals surface area contributed by atoms with Crippen molar-refractivity contribution in [2.24, 2.45) is 0 Å². The molecule has 0 amide bonds. The molecule has 1 aliphatic heterocycles. The molecule has 1 rings (SSSR count). The molecule has 0 saturated carbocycles. The molecule has 0 aromatic carbocycles. The minimum atomic E-state index is 0.499. The molecule has 1 saturated heterocycles. The molecule has 0 radical (unpaired) electrons. The molecule has 84 valence electrons. The molecule has 0 aromatic rings. The van der Waals surface area contributed by atoms with Gasteiger partial charge in [0.25, 0.3) is 0 Å². The number of nitrogens with one attached hydrogen (secondary N) is 1. The third-order valence-electron chi connectivity index (χ3n) is 3.20. The van der Waals surface area contributed by atoms with Crippen LogP contribution in [0.5, 0.6) is 0 Å². The van der Waals surface area contributed by atoms with Crippen molar-refractivity contribution in [3.05, 3.63) is 0 Å². The van der Waals surface area contributed by atoms with Crippen LogP contribution in [0.15, 0.2) is 0 Å². The molecule has 1 heterocycles. The third-order valence-corrected chi connectivity index (χ3v) is 3.20. The summed E-state index contributed by atoms with van der Waals surface area (Å²) in [5, 5.41) is 3.38. The van der Waals surface area contributed by atoms with E-state index >= 15 is 0 Å². The lowest BCUT2D eigenvalue weighted by molar-refractivity contribution is 0.0481. The normalized spacial score (nSPS) is 29.4. The Kier molecular flexibility index (Phi) is 5.49. The van der Waals surface area contributed by atoms with E-state index in [2.05, 4.69) is 26.2 Å². The van der Waals surface area contributed by atoms with Crippen molar-refractivity contribution in [1.29, 1.82) is 0 Å². The summed E-state index contributed by atoms with van der Waals surface area (Å²) in [6, 6.07) is 0.694. The van der Waals surface area contributed by atoms with Crippen molar-refractivity contribution in [2.45, 2.75) is 70.6 Å². The second-order valence-electron chi connectivity index (χ2n) is 4.50. The van der Waals surface area contributed by atoms with E-state index in [1.165, 1.54) is 38.5 Å². The van der Waals surface area contributed by atoms with E-state index in [9.17, 15) is 0 Å². The molecule has 14 heavy (non-hydrogen) atoms. The number of rotatable bonds is 6. The maximum absolute atomic E-state index is 5.81. The molecule has 0 spiro atoms. The lowest BCUT2D eigenvalue weighted by atomic mass is 10.0. The fourth-order valence-corrected chi connectivity index (χ4v) is 2.27. The molecular formula is C12H25NO. The fraction of sp³-hybridized carbons (Fsp3) is 1.00. The monoisotopic (exact) mass is 199 g/mol. The minimum absolute atomic E-state index is 0.499. The first-order valence-electron chi connectivity index (χ1n) is 6.09. The zero-order valence-electron chi connectivity index (χ0n) is 9.88. The average Bonchev–Trinajstić information content (AvgIpc) is 2.59. The van der Waals surface area contributed by atoms with Gasteiger partial charge in [0, 0.05) is 6.04 Å². The van der Waals surface area contributed by atoms with Gasteiger partial charge in [0.05, 0.1) is 12.2 Å². The molecule has 3 unspecified atom stereocenters. The van der Waals surface area contributed by atoms with Crippen molar-refractivity contribution in [1.82, 2.24) is 5.32 Å². The van der Waals surface area contributed by atoms with Gasteiger partial charge in [-0.05, 0) is 46.1 Å². The lowest BCUT2D eigenvalue weighted by Gasteiger charge is -2.17. The summed E-state index contributed by atoms with van der Waals surface area (Å²) in [5.74, 6) is 0. The highest BCUT2D eigenvalue weighted by atomic mass is 16.5. The Bertz CT molecular complexity index is 145. The maximum atomic E-state index is 5.81. The Morgan fingerprint density at radius 1 is 1.36 bits per heavy atom. The standard InChI is InChI=1S/C12H25NO/c1-4-5-11(13-3)7-9-12-8-6-10(2)14-12/h10-13H,4-9H2,1-3H3. The van der Waals surface area contributed by atoms with E-state index in [-0.39, 0.29) is 0 Å². The van der Waals surface area contributed by atoms with E-state index in [1.807, 2.05) is 0 Å². The van der Waals surface area contributed by atoms with Gasteiger partial charge in [0.1, 0.15) is 0 Å². The zero-order chi connectivity index (χ0) is 10.4. The summed E-state index contributed by atoms with van der Waals surface area (Å²) in [7, 11) is 2.07. The van der Waals surface area contributed by atoms with E-state index in [4.69, 9.17) is 4.74 Å². The lowest BCUT2D eigenvalue weighted by Crippen LogP contribution is -2.26. The van der Waals surface area contributed by atoms with Crippen LogP contribution in [0.2, 0.25) is 0 Å². The molecule has 0 aromatic heterocycles. The molecule has 1 fully saturated rings. The Labute approximate surface area is 88.4 Å². The summed E-state index contributed by atoms with van der Waals surface area (Å²) in [5.41, 5.74) is 0. The summed E-state index contributed by atoms with van der Waals surface area (Å²) >= 11 is 0. The van der Waals surface area contributed by atoms with Gasteiger partial charge in [0.15, 0.2) is 0 Å². The molecule has 3 atom stereocenters. The largest absolute Gasteiger partial charge is 0.375 e. The maximum Gasteiger partial charge on any atom is 0.0580 e.